The molecular formula is C24H25BrN4O3. The lowest BCUT2D eigenvalue weighted by Crippen LogP contribution is -2.16. The van der Waals surface area contributed by atoms with Gasteiger partial charge in [0.05, 0.1) is 25.3 Å². The van der Waals surface area contributed by atoms with Crippen molar-refractivity contribution in [1.82, 2.24) is 9.97 Å². The van der Waals surface area contributed by atoms with E-state index in [9.17, 15) is 9.90 Å². The van der Waals surface area contributed by atoms with Crippen LogP contribution < -0.4 is 15.4 Å². The van der Waals surface area contributed by atoms with Crippen molar-refractivity contribution in [3.8, 4) is 5.75 Å². The second-order valence-electron chi connectivity index (χ2n) is 7.67. The number of aromatic nitrogens is 2. The molecule has 0 saturated carbocycles. The Labute approximate surface area is 195 Å². The first kappa shape index (κ1) is 22.1. The Kier molecular flexibility index (Phi) is 7.21. The number of nitrogens with one attached hydrogen (secondary N) is 2. The molecule has 0 bridgehead atoms. The fourth-order valence-corrected chi connectivity index (χ4v) is 4.08. The second kappa shape index (κ2) is 10.5. The lowest BCUT2D eigenvalue weighted by atomic mass is 10.0. The minimum Gasteiger partial charge on any atom is -0.492 e. The molecule has 0 radical (unpaired) electrons. The van der Waals surface area contributed by atoms with Crippen molar-refractivity contribution in [3.63, 3.8) is 0 Å². The van der Waals surface area contributed by atoms with Gasteiger partial charge in [-0.3, -0.25) is 4.79 Å². The number of benzene rings is 1. The summed E-state index contributed by atoms with van der Waals surface area (Å²) in [5, 5.41) is 15.8. The number of halogens is 1. The monoisotopic (exact) mass is 496 g/mol. The van der Waals surface area contributed by atoms with Crippen LogP contribution in [0.4, 0.5) is 11.6 Å². The Morgan fingerprint density at radius 3 is 2.94 bits per heavy atom. The number of carboxylic acids is 1. The molecule has 1 aliphatic rings. The molecular weight excluding hydrogens is 472 g/mol. The molecule has 4 rings (SSSR count). The predicted octanol–water partition coefficient (Wildman–Crippen LogP) is 4.85. The zero-order valence-corrected chi connectivity index (χ0v) is 19.1. The van der Waals surface area contributed by atoms with Crippen molar-refractivity contribution in [3.05, 3.63) is 76.0 Å². The molecule has 1 atom stereocenters. The Morgan fingerprint density at radius 1 is 1.25 bits per heavy atom. The van der Waals surface area contributed by atoms with Gasteiger partial charge in [-0.15, -0.1) is 0 Å². The van der Waals surface area contributed by atoms with Gasteiger partial charge in [0.2, 0.25) is 0 Å². The summed E-state index contributed by atoms with van der Waals surface area (Å²) in [5.74, 6) is 1.36. The van der Waals surface area contributed by atoms with E-state index in [4.69, 9.17) is 4.74 Å². The third-order valence-electron chi connectivity index (χ3n) is 5.27. The van der Waals surface area contributed by atoms with Crippen LogP contribution >= 0.6 is 15.9 Å². The molecule has 3 N–H and O–H groups in total. The van der Waals surface area contributed by atoms with Crippen LogP contribution in [0.1, 0.15) is 35.7 Å². The van der Waals surface area contributed by atoms with Gasteiger partial charge >= 0.3 is 5.97 Å². The van der Waals surface area contributed by atoms with E-state index in [-0.39, 0.29) is 6.42 Å². The van der Waals surface area contributed by atoms with Crippen molar-refractivity contribution in [2.24, 2.45) is 0 Å². The number of aliphatic carboxylic acids is 1. The number of nitrogens with zero attached hydrogens (tertiary/aromatic N) is 2. The van der Waals surface area contributed by atoms with Crippen molar-refractivity contribution in [2.45, 2.75) is 31.7 Å². The fourth-order valence-electron chi connectivity index (χ4n) is 3.66. The Hall–Kier alpha value is -3.13. The summed E-state index contributed by atoms with van der Waals surface area (Å²) in [6.07, 6.45) is 4.52. The van der Waals surface area contributed by atoms with Gasteiger partial charge in [0.25, 0.3) is 0 Å². The molecule has 0 spiro atoms. The average molecular weight is 497 g/mol. The smallest absolute Gasteiger partial charge is 0.305 e. The maximum Gasteiger partial charge on any atom is 0.305 e. The summed E-state index contributed by atoms with van der Waals surface area (Å²) >= 11 is 3.44. The third kappa shape index (κ3) is 5.97. The molecule has 3 heterocycles. The first-order valence-corrected chi connectivity index (χ1v) is 11.4. The molecule has 8 heteroatoms. The first-order chi connectivity index (χ1) is 15.6. The molecule has 1 aromatic carbocycles. The number of fused-ring (bicyclic) bond motifs is 1. The molecule has 2 aromatic heterocycles. The second-order valence-corrected chi connectivity index (χ2v) is 8.58. The summed E-state index contributed by atoms with van der Waals surface area (Å²) in [7, 11) is 0. The van der Waals surface area contributed by atoms with Gasteiger partial charge in [0, 0.05) is 23.1 Å². The highest BCUT2D eigenvalue weighted by Crippen LogP contribution is 2.25. The largest absolute Gasteiger partial charge is 0.492 e. The van der Waals surface area contributed by atoms with Crippen LogP contribution in [0.5, 0.6) is 5.75 Å². The van der Waals surface area contributed by atoms with Crippen molar-refractivity contribution in [2.75, 3.05) is 23.8 Å². The van der Waals surface area contributed by atoms with E-state index in [1.807, 2.05) is 30.3 Å². The number of rotatable bonds is 9. The van der Waals surface area contributed by atoms with Crippen molar-refractivity contribution >= 4 is 33.5 Å². The number of pyridine rings is 2. The summed E-state index contributed by atoms with van der Waals surface area (Å²) in [4.78, 5) is 20.4. The number of ether oxygens (including phenoxy) is 1. The van der Waals surface area contributed by atoms with Gasteiger partial charge in [-0.05, 0) is 54.3 Å². The highest BCUT2D eigenvalue weighted by atomic mass is 79.9. The van der Waals surface area contributed by atoms with Crippen molar-refractivity contribution < 1.29 is 14.6 Å². The number of carbonyl (C=O) groups is 1. The normalized spacial score (nSPS) is 13.5. The third-order valence-corrected chi connectivity index (χ3v) is 5.76. The summed E-state index contributed by atoms with van der Waals surface area (Å²) in [5.41, 5.74) is 3.14. The summed E-state index contributed by atoms with van der Waals surface area (Å²) in [6.45, 7) is 1.47. The topological polar surface area (TPSA) is 96.4 Å². The van der Waals surface area contributed by atoms with Crippen LogP contribution in [0, 0.1) is 0 Å². The van der Waals surface area contributed by atoms with Crippen LogP contribution in [0.25, 0.3) is 0 Å². The van der Waals surface area contributed by atoms with Gasteiger partial charge in [0.1, 0.15) is 17.4 Å². The quantitative estimate of drug-likeness (QED) is 0.389. The van der Waals surface area contributed by atoms with Crippen LogP contribution in [0.3, 0.4) is 0 Å². The maximum atomic E-state index is 11.3. The SMILES string of the molecule is O=C(O)CC(Nc1ccc(OCCc2ccc3c(n2)NCCC3)cn1)c1cccc(Br)c1. The van der Waals surface area contributed by atoms with Gasteiger partial charge in [-0.25, -0.2) is 9.97 Å². The van der Waals surface area contributed by atoms with E-state index in [1.54, 1.807) is 12.3 Å². The van der Waals surface area contributed by atoms with E-state index in [0.29, 0.717) is 24.6 Å². The van der Waals surface area contributed by atoms with Crippen LogP contribution in [-0.2, 0) is 17.6 Å². The molecule has 0 fully saturated rings. The Balaban J connectivity index is 1.33. The van der Waals surface area contributed by atoms with E-state index in [2.05, 4.69) is 48.7 Å². The maximum absolute atomic E-state index is 11.3. The van der Waals surface area contributed by atoms with Gasteiger partial charge in [-0.1, -0.05) is 34.1 Å². The zero-order chi connectivity index (χ0) is 22.3. The number of aryl methyl sites for hydroxylation is 1. The molecule has 1 unspecified atom stereocenters. The lowest BCUT2D eigenvalue weighted by Gasteiger charge is -2.18. The Bertz CT molecular complexity index is 1080. The highest BCUT2D eigenvalue weighted by Gasteiger charge is 2.16. The molecule has 7 nitrogen and oxygen atoms in total. The molecule has 1 aliphatic heterocycles. The molecule has 32 heavy (non-hydrogen) atoms. The van der Waals surface area contributed by atoms with Gasteiger partial charge in [0.15, 0.2) is 0 Å². The summed E-state index contributed by atoms with van der Waals surface area (Å²) in [6, 6.07) is 15.0. The van der Waals surface area contributed by atoms with Crippen LogP contribution in [-0.4, -0.2) is 34.2 Å². The van der Waals surface area contributed by atoms with E-state index < -0.39 is 12.0 Å². The molecule has 0 aliphatic carbocycles. The van der Waals surface area contributed by atoms with Crippen LogP contribution in [0.15, 0.2) is 59.2 Å². The minimum atomic E-state index is -0.881. The van der Waals surface area contributed by atoms with Gasteiger partial charge in [-0.2, -0.15) is 0 Å². The number of carboxylic acid groups (broad SMARTS) is 1. The number of hydrogen-bond acceptors (Lipinski definition) is 6. The van der Waals surface area contributed by atoms with Crippen LogP contribution in [0.2, 0.25) is 0 Å². The lowest BCUT2D eigenvalue weighted by molar-refractivity contribution is -0.137. The zero-order valence-electron chi connectivity index (χ0n) is 17.6. The molecule has 3 aromatic rings. The van der Waals surface area contributed by atoms with E-state index >= 15 is 0 Å². The standard InChI is InChI=1S/C24H25BrN4O3/c25-18-5-1-3-17(13-18)21(14-23(30)31)29-22-9-8-20(15-27-22)32-12-10-19-7-6-16-4-2-11-26-24(16)28-19/h1,3,5-9,13,15,21H,2,4,10-12,14H2,(H,26,28)(H,27,29)(H,30,31). The number of hydrogen-bond donors (Lipinski definition) is 3. The van der Waals surface area contributed by atoms with Gasteiger partial charge < -0.3 is 20.5 Å². The average Bonchev–Trinajstić information content (AvgIpc) is 2.79. The minimum absolute atomic E-state index is 0.0565. The number of anilines is 2. The summed E-state index contributed by atoms with van der Waals surface area (Å²) < 4.78 is 6.72. The predicted molar refractivity (Wildman–Crippen MR) is 127 cm³/mol. The first-order valence-electron chi connectivity index (χ1n) is 10.6. The fraction of sp³-hybridized carbons (Fsp3) is 0.292. The molecule has 0 amide bonds. The Morgan fingerprint density at radius 2 is 2.16 bits per heavy atom. The van der Waals surface area contributed by atoms with E-state index in [0.717, 1.165) is 40.9 Å². The highest BCUT2D eigenvalue weighted by molar-refractivity contribution is 9.10. The van der Waals surface area contributed by atoms with E-state index in [1.165, 1.54) is 5.56 Å². The van der Waals surface area contributed by atoms with Crippen molar-refractivity contribution in [1.29, 1.82) is 0 Å². The molecule has 166 valence electrons. The molecule has 0 saturated heterocycles.